The average Bonchev–Trinajstić information content (AvgIpc) is 3.01. The molecule has 1 aliphatic rings. The lowest BCUT2D eigenvalue weighted by Crippen LogP contribution is -2.20. The summed E-state index contributed by atoms with van der Waals surface area (Å²) in [4.78, 5) is 11.6. The van der Waals surface area contributed by atoms with Crippen LogP contribution in [0.2, 0.25) is 0 Å². The van der Waals surface area contributed by atoms with Crippen LogP contribution in [0.1, 0.15) is 12.5 Å². The number of rotatable bonds is 3. The number of hydrogen-bond acceptors (Lipinski definition) is 4. The summed E-state index contributed by atoms with van der Waals surface area (Å²) in [6, 6.07) is 5.52. The van der Waals surface area contributed by atoms with Gasteiger partial charge < -0.3 is 4.74 Å². The zero-order chi connectivity index (χ0) is 13.5. The molecule has 2 rings (SSSR count). The molecule has 0 aliphatic carbocycles. The van der Waals surface area contributed by atoms with E-state index in [4.69, 9.17) is 0 Å². The van der Waals surface area contributed by atoms with Gasteiger partial charge in [0.25, 0.3) is 0 Å². The number of ether oxygens (including phenoxy) is 1. The number of hydrogen-bond donors (Lipinski definition) is 0. The Hall–Kier alpha value is -1.40. The first-order valence-electron chi connectivity index (χ1n) is 5.57. The molecule has 3 atom stereocenters. The molecule has 1 aliphatic heterocycles. The van der Waals surface area contributed by atoms with Crippen molar-refractivity contribution in [2.24, 2.45) is 0 Å². The van der Waals surface area contributed by atoms with Crippen LogP contribution in [0.3, 0.4) is 0 Å². The molecule has 1 unspecified atom stereocenters. The van der Waals surface area contributed by atoms with Crippen molar-refractivity contribution in [1.29, 1.82) is 0 Å². The van der Waals surface area contributed by atoms with Gasteiger partial charge >= 0.3 is 5.97 Å². The fraction of sp³-hybridized carbons (Fsp3) is 0.417. The van der Waals surface area contributed by atoms with Gasteiger partial charge in [-0.1, -0.05) is 17.7 Å². The minimum atomic E-state index is -3.60. The predicted molar refractivity (Wildman–Crippen MR) is 65.5 cm³/mol. The summed E-state index contributed by atoms with van der Waals surface area (Å²) < 4.78 is 30.3. The van der Waals surface area contributed by atoms with Crippen LogP contribution in [0, 0.1) is 6.92 Å². The molecule has 0 aromatic heterocycles. The summed E-state index contributed by atoms with van der Waals surface area (Å²) in [6.07, 6.45) is 0. The minimum Gasteiger partial charge on any atom is -0.468 e. The SMILES string of the molecule is COC(=O)[C@H]1[C@H](C)N1S(=O)(=O)c1ccc(C)cc1. The lowest BCUT2D eigenvalue weighted by atomic mass is 10.2. The van der Waals surface area contributed by atoms with Crippen molar-refractivity contribution in [2.45, 2.75) is 30.8 Å². The van der Waals surface area contributed by atoms with Crippen LogP contribution in [0.25, 0.3) is 0 Å². The molecule has 0 amide bonds. The smallest absolute Gasteiger partial charge is 0.325 e. The van der Waals surface area contributed by atoms with Gasteiger partial charge in [-0.25, -0.2) is 8.42 Å². The van der Waals surface area contributed by atoms with Crippen LogP contribution < -0.4 is 0 Å². The van der Waals surface area contributed by atoms with E-state index in [2.05, 4.69) is 4.74 Å². The number of nitrogens with zero attached hydrogens (tertiary/aromatic N) is 1. The van der Waals surface area contributed by atoms with E-state index in [1.807, 2.05) is 6.92 Å². The van der Waals surface area contributed by atoms with E-state index in [0.29, 0.717) is 0 Å². The van der Waals surface area contributed by atoms with E-state index in [1.165, 1.54) is 11.4 Å². The molecule has 6 heteroatoms. The average molecular weight is 269 g/mol. The number of sulfonamides is 1. The summed E-state index contributed by atoms with van der Waals surface area (Å²) >= 11 is 0. The van der Waals surface area contributed by atoms with Crippen LogP contribution >= 0.6 is 0 Å². The Morgan fingerprint density at radius 3 is 2.33 bits per heavy atom. The van der Waals surface area contributed by atoms with Gasteiger partial charge in [0.15, 0.2) is 0 Å². The number of benzene rings is 1. The summed E-state index contributed by atoms with van der Waals surface area (Å²) in [6.45, 7) is 3.57. The largest absolute Gasteiger partial charge is 0.468 e. The Morgan fingerprint density at radius 1 is 1.28 bits per heavy atom. The van der Waals surface area contributed by atoms with Gasteiger partial charge in [-0.15, -0.1) is 0 Å². The van der Waals surface area contributed by atoms with Crippen molar-refractivity contribution < 1.29 is 17.9 Å². The van der Waals surface area contributed by atoms with E-state index >= 15 is 0 Å². The topological polar surface area (TPSA) is 63.5 Å². The highest BCUT2D eigenvalue weighted by Gasteiger charge is 2.57. The van der Waals surface area contributed by atoms with Gasteiger partial charge in [-0.05, 0) is 26.0 Å². The number of esters is 1. The number of carbonyl (C=O) groups excluding carboxylic acids is 1. The molecule has 0 radical (unpaired) electrons. The van der Waals surface area contributed by atoms with Crippen molar-refractivity contribution in [1.82, 2.24) is 4.31 Å². The second kappa shape index (κ2) is 4.37. The molecule has 1 aromatic rings. The molecule has 0 spiro atoms. The molecule has 0 N–H and O–H groups in total. The van der Waals surface area contributed by atoms with Crippen molar-refractivity contribution in [3.8, 4) is 0 Å². The molecular weight excluding hydrogens is 254 g/mol. The zero-order valence-corrected chi connectivity index (χ0v) is 11.3. The van der Waals surface area contributed by atoms with Crippen molar-refractivity contribution in [2.75, 3.05) is 7.11 Å². The van der Waals surface area contributed by atoms with E-state index < -0.39 is 22.0 Å². The van der Waals surface area contributed by atoms with Crippen LogP contribution in [0.15, 0.2) is 29.2 Å². The van der Waals surface area contributed by atoms with Gasteiger partial charge in [0.1, 0.15) is 6.04 Å². The highest BCUT2D eigenvalue weighted by molar-refractivity contribution is 7.89. The monoisotopic (exact) mass is 269 g/mol. The van der Waals surface area contributed by atoms with Crippen LogP contribution in [-0.4, -0.2) is 37.9 Å². The van der Waals surface area contributed by atoms with E-state index in [9.17, 15) is 13.2 Å². The lowest BCUT2D eigenvalue weighted by Gasteiger charge is -2.06. The van der Waals surface area contributed by atoms with Gasteiger partial charge in [0.2, 0.25) is 10.0 Å². The Balaban J connectivity index is 2.29. The van der Waals surface area contributed by atoms with Crippen molar-refractivity contribution in [3.05, 3.63) is 29.8 Å². The minimum absolute atomic E-state index is 0.200. The van der Waals surface area contributed by atoms with Crippen LogP contribution in [-0.2, 0) is 19.6 Å². The van der Waals surface area contributed by atoms with Crippen molar-refractivity contribution in [3.63, 3.8) is 0 Å². The maximum atomic E-state index is 12.3. The van der Waals surface area contributed by atoms with Gasteiger partial charge in [0.05, 0.1) is 18.0 Å². The van der Waals surface area contributed by atoms with E-state index in [-0.39, 0.29) is 10.9 Å². The van der Waals surface area contributed by atoms with Gasteiger partial charge in [-0.2, -0.15) is 4.31 Å². The second-order valence-electron chi connectivity index (χ2n) is 4.36. The molecule has 5 nitrogen and oxygen atoms in total. The Bertz CT molecular complexity index is 564. The third kappa shape index (κ3) is 2.02. The molecule has 1 aromatic carbocycles. The first-order valence-corrected chi connectivity index (χ1v) is 7.01. The first-order chi connectivity index (χ1) is 8.39. The second-order valence-corrected chi connectivity index (χ2v) is 6.20. The highest BCUT2D eigenvalue weighted by atomic mass is 32.2. The Morgan fingerprint density at radius 2 is 1.83 bits per heavy atom. The molecule has 1 fully saturated rings. The lowest BCUT2D eigenvalue weighted by molar-refractivity contribution is -0.140. The summed E-state index contributed by atoms with van der Waals surface area (Å²) in [5.74, 6) is -0.516. The highest BCUT2D eigenvalue weighted by Crippen LogP contribution is 2.36. The summed E-state index contributed by atoms with van der Waals surface area (Å²) in [7, 11) is -2.35. The molecule has 18 heavy (non-hydrogen) atoms. The predicted octanol–water partition coefficient (Wildman–Crippen LogP) is 0.929. The normalized spacial score (nSPS) is 26.7. The molecule has 1 heterocycles. The maximum absolute atomic E-state index is 12.3. The third-order valence-corrected chi connectivity index (χ3v) is 5.06. The maximum Gasteiger partial charge on any atom is 0.325 e. The summed E-state index contributed by atoms with van der Waals surface area (Å²) in [5, 5.41) is 0. The third-order valence-electron chi connectivity index (χ3n) is 3.08. The Kier molecular flexibility index (Phi) is 3.16. The molecule has 98 valence electrons. The standard InChI is InChI=1S/C12H15NO4S/c1-8-4-6-10(7-5-8)18(15,16)13-9(2)11(13)12(14)17-3/h4-7,9,11H,1-3H3/t9-,11+,13?/m0/s1. The molecule has 0 saturated carbocycles. The number of methoxy groups -OCH3 is 1. The number of carbonyl (C=O) groups is 1. The first kappa shape index (κ1) is 13.0. The fourth-order valence-electron chi connectivity index (χ4n) is 1.94. The van der Waals surface area contributed by atoms with Crippen molar-refractivity contribution >= 4 is 16.0 Å². The van der Waals surface area contributed by atoms with E-state index in [1.54, 1.807) is 31.2 Å². The van der Waals surface area contributed by atoms with Gasteiger partial charge in [0, 0.05) is 0 Å². The molecule has 1 saturated heterocycles. The van der Waals surface area contributed by atoms with Gasteiger partial charge in [-0.3, -0.25) is 4.79 Å². The van der Waals surface area contributed by atoms with Crippen LogP contribution in [0.5, 0.6) is 0 Å². The fourth-order valence-corrected chi connectivity index (χ4v) is 3.73. The summed E-state index contributed by atoms with van der Waals surface area (Å²) in [5.41, 5.74) is 0.984. The quantitative estimate of drug-likeness (QED) is 0.605. The Labute approximate surface area is 106 Å². The molecular formula is C12H15NO4S. The zero-order valence-electron chi connectivity index (χ0n) is 10.5. The molecule has 0 bridgehead atoms. The number of aryl methyl sites for hydroxylation is 1. The van der Waals surface area contributed by atoms with Crippen LogP contribution in [0.4, 0.5) is 0 Å². The van der Waals surface area contributed by atoms with E-state index in [0.717, 1.165) is 5.56 Å².